The standard InChI is InChI=1S/C17H28N4/c1-15-6-8-16(9-7-15)14-20-17(18-2)19-10-13-21-11-4-3-5-12-21/h6-9H,3-5,10-14H2,1-2H3,(H2,18,19,20). The lowest BCUT2D eigenvalue weighted by molar-refractivity contribution is 0.232. The molecule has 0 amide bonds. The molecular weight excluding hydrogens is 260 g/mol. The predicted octanol–water partition coefficient (Wildman–Crippen LogP) is 2.15. The second-order valence-corrected chi connectivity index (χ2v) is 5.74. The van der Waals surface area contributed by atoms with Gasteiger partial charge in [0, 0.05) is 26.7 Å². The molecule has 0 aliphatic carbocycles. The van der Waals surface area contributed by atoms with Gasteiger partial charge in [-0.3, -0.25) is 4.99 Å². The molecule has 2 N–H and O–H groups in total. The summed E-state index contributed by atoms with van der Waals surface area (Å²) in [7, 11) is 1.82. The van der Waals surface area contributed by atoms with Crippen LogP contribution in [0, 0.1) is 6.92 Å². The summed E-state index contributed by atoms with van der Waals surface area (Å²) in [5, 5.41) is 6.76. The highest BCUT2D eigenvalue weighted by Crippen LogP contribution is 2.07. The smallest absolute Gasteiger partial charge is 0.191 e. The van der Waals surface area contributed by atoms with E-state index in [1.165, 1.54) is 43.5 Å². The summed E-state index contributed by atoms with van der Waals surface area (Å²) >= 11 is 0. The molecular formula is C17H28N4. The number of likely N-dealkylation sites (tertiary alicyclic amines) is 1. The fourth-order valence-electron chi connectivity index (χ4n) is 2.63. The molecule has 116 valence electrons. The lowest BCUT2D eigenvalue weighted by Crippen LogP contribution is -2.42. The van der Waals surface area contributed by atoms with Crippen LogP contribution in [0.2, 0.25) is 0 Å². The van der Waals surface area contributed by atoms with Crippen molar-refractivity contribution >= 4 is 5.96 Å². The minimum absolute atomic E-state index is 0.809. The average molecular weight is 288 g/mol. The Kier molecular flexibility index (Phi) is 6.54. The number of nitrogens with zero attached hydrogens (tertiary/aromatic N) is 2. The van der Waals surface area contributed by atoms with Crippen molar-refractivity contribution in [3.05, 3.63) is 35.4 Å². The zero-order valence-corrected chi connectivity index (χ0v) is 13.4. The molecule has 1 aromatic rings. The molecule has 4 heteroatoms. The van der Waals surface area contributed by atoms with E-state index >= 15 is 0 Å². The highest BCUT2D eigenvalue weighted by atomic mass is 15.2. The van der Waals surface area contributed by atoms with Crippen LogP contribution in [-0.2, 0) is 6.54 Å². The van der Waals surface area contributed by atoms with Crippen molar-refractivity contribution in [3.63, 3.8) is 0 Å². The van der Waals surface area contributed by atoms with Gasteiger partial charge in [0.2, 0.25) is 0 Å². The lowest BCUT2D eigenvalue weighted by Gasteiger charge is -2.26. The SMILES string of the molecule is CN=C(NCCN1CCCCC1)NCc1ccc(C)cc1. The largest absolute Gasteiger partial charge is 0.355 e. The third-order valence-electron chi connectivity index (χ3n) is 3.97. The molecule has 0 aromatic heterocycles. The summed E-state index contributed by atoms with van der Waals surface area (Å²) in [6.45, 7) is 7.47. The van der Waals surface area contributed by atoms with Crippen molar-refractivity contribution in [3.8, 4) is 0 Å². The van der Waals surface area contributed by atoms with Gasteiger partial charge in [0.15, 0.2) is 5.96 Å². The summed E-state index contributed by atoms with van der Waals surface area (Å²) < 4.78 is 0. The van der Waals surface area contributed by atoms with Gasteiger partial charge in [-0.1, -0.05) is 36.2 Å². The Bertz CT molecular complexity index is 433. The van der Waals surface area contributed by atoms with Crippen molar-refractivity contribution in [2.24, 2.45) is 4.99 Å². The van der Waals surface area contributed by atoms with E-state index in [4.69, 9.17) is 0 Å². The maximum atomic E-state index is 4.28. The first-order valence-electron chi connectivity index (χ1n) is 8.00. The van der Waals surface area contributed by atoms with Gasteiger partial charge in [-0.25, -0.2) is 0 Å². The fourth-order valence-corrected chi connectivity index (χ4v) is 2.63. The third-order valence-corrected chi connectivity index (χ3v) is 3.97. The molecule has 0 radical (unpaired) electrons. The number of aryl methyl sites for hydroxylation is 1. The van der Waals surface area contributed by atoms with Crippen LogP contribution in [0.4, 0.5) is 0 Å². The van der Waals surface area contributed by atoms with Crippen LogP contribution < -0.4 is 10.6 Å². The van der Waals surface area contributed by atoms with Gasteiger partial charge in [-0.2, -0.15) is 0 Å². The number of nitrogens with one attached hydrogen (secondary N) is 2. The maximum absolute atomic E-state index is 4.28. The Hall–Kier alpha value is -1.55. The quantitative estimate of drug-likeness (QED) is 0.644. The number of aliphatic imine (C=N–C) groups is 1. The number of piperidine rings is 1. The molecule has 0 saturated carbocycles. The average Bonchev–Trinajstić information content (AvgIpc) is 2.53. The van der Waals surface area contributed by atoms with Crippen LogP contribution in [0.3, 0.4) is 0 Å². The molecule has 1 fully saturated rings. The second kappa shape index (κ2) is 8.67. The van der Waals surface area contributed by atoms with Crippen LogP contribution in [0.25, 0.3) is 0 Å². The molecule has 1 heterocycles. The van der Waals surface area contributed by atoms with Crippen LogP contribution in [0.5, 0.6) is 0 Å². The van der Waals surface area contributed by atoms with E-state index in [0.29, 0.717) is 0 Å². The van der Waals surface area contributed by atoms with Gasteiger partial charge >= 0.3 is 0 Å². The first kappa shape index (κ1) is 15.8. The summed E-state index contributed by atoms with van der Waals surface area (Å²) in [6, 6.07) is 8.60. The molecule has 21 heavy (non-hydrogen) atoms. The maximum Gasteiger partial charge on any atom is 0.191 e. The number of hydrogen-bond donors (Lipinski definition) is 2. The predicted molar refractivity (Wildman–Crippen MR) is 89.7 cm³/mol. The van der Waals surface area contributed by atoms with Crippen molar-refractivity contribution in [2.75, 3.05) is 33.2 Å². The number of hydrogen-bond acceptors (Lipinski definition) is 2. The highest BCUT2D eigenvalue weighted by molar-refractivity contribution is 5.79. The molecule has 2 rings (SSSR count). The fraction of sp³-hybridized carbons (Fsp3) is 0.588. The van der Waals surface area contributed by atoms with E-state index in [1.807, 2.05) is 7.05 Å². The van der Waals surface area contributed by atoms with Gasteiger partial charge in [-0.15, -0.1) is 0 Å². The van der Waals surface area contributed by atoms with E-state index in [-0.39, 0.29) is 0 Å². The Balaban J connectivity index is 1.67. The molecule has 0 unspecified atom stereocenters. The normalized spacial score (nSPS) is 16.8. The molecule has 4 nitrogen and oxygen atoms in total. The van der Waals surface area contributed by atoms with Crippen LogP contribution >= 0.6 is 0 Å². The van der Waals surface area contributed by atoms with E-state index < -0.39 is 0 Å². The Morgan fingerprint density at radius 3 is 2.48 bits per heavy atom. The van der Waals surface area contributed by atoms with Crippen LogP contribution in [0.1, 0.15) is 30.4 Å². The van der Waals surface area contributed by atoms with Gasteiger partial charge in [-0.05, 0) is 38.4 Å². The Morgan fingerprint density at radius 2 is 1.81 bits per heavy atom. The summed E-state index contributed by atoms with van der Waals surface area (Å²) in [4.78, 5) is 6.81. The minimum atomic E-state index is 0.809. The van der Waals surface area contributed by atoms with E-state index in [1.54, 1.807) is 0 Å². The number of rotatable bonds is 5. The van der Waals surface area contributed by atoms with Gasteiger partial charge in [0.05, 0.1) is 0 Å². The van der Waals surface area contributed by atoms with Crippen molar-refractivity contribution < 1.29 is 0 Å². The highest BCUT2D eigenvalue weighted by Gasteiger charge is 2.09. The third kappa shape index (κ3) is 5.76. The monoisotopic (exact) mass is 288 g/mol. The topological polar surface area (TPSA) is 39.7 Å². The molecule has 0 spiro atoms. The zero-order chi connectivity index (χ0) is 14.9. The van der Waals surface area contributed by atoms with Gasteiger partial charge < -0.3 is 15.5 Å². The number of benzene rings is 1. The number of guanidine groups is 1. The molecule has 1 aromatic carbocycles. The van der Waals surface area contributed by atoms with Crippen LogP contribution in [-0.4, -0.2) is 44.1 Å². The Labute approximate surface area is 128 Å². The van der Waals surface area contributed by atoms with Crippen LogP contribution in [0.15, 0.2) is 29.3 Å². The van der Waals surface area contributed by atoms with E-state index in [0.717, 1.165) is 25.6 Å². The van der Waals surface area contributed by atoms with Crippen molar-refractivity contribution in [1.29, 1.82) is 0 Å². The molecule has 1 saturated heterocycles. The lowest BCUT2D eigenvalue weighted by atomic mass is 10.1. The van der Waals surface area contributed by atoms with Crippen molar-refractivity contribution in [2.45, 2.75) is 32.7 Å². The summed E-state index contributed by atoms with van der Waals surface area (Å²) in [6.07, 6.45) is 4.09. The molecule has 0 atom stereocenters. The summed E-state index contributed by atoms with van der Waals surface area (Å²) in [5.74, 6) is 0.882. The summed E-state index contributed by atoms with van der Waals surface area (Å²) in [5.41, 5.74) is 2.57. The van der Waals surface area contributed by atoms with E-state index in [2.05, 4.69) is 51.7 Å². The first-order chi connectivity index (χ1) is 10.3. The van der Waals surface area contributed by atoms with E-state index in [9.17, 15) is 0 Å². The minimum Gasteiger partial charge on any atom is -0.355 e. The zero-order valence-electron chi connectivity index (χ0n) is 13.4. The molecule has 1 aliphatic rings. The second-order valence-electron chi connectivity index (χ2n) is 5.74. The van der Waals surface area contributed by atoms with Crippen molar-refractivity contribution in [1.82, 2.24) is 15.5 Å². The Morgan fingerprint density at radius 1 is 1.10 bits per heavy atom. The van der Waals surface area contributed by atoms with Gasteiger partial charge in [0.25, 0.3) is 0 Å². The van der Waals surface area contributed by atoms with Gasteiger partial charge in [0.1, 0.15) is 0 Å². The molecule has 0 bridgehead atoms. The first-order valence-corrected chi connectivity index (χ1v) is 8.00. The molecule has 1 aliphatic heterocycles.